The minimum Gasteiger partial charge on any atom is -0.632 e. The van der Waals surface area contributed by atoms with Crippen LogP contribution in [0.4, 0.5) is 0 Å². The highest BCUT2D eigenvalue weighted by molar-refractivity contribution is 7.57. The van der Waals surface area contributed by atoms with Crippen molar-refractivity contribution in [2.75, 3.05) is 19.8 Å². The van der Waals surface area contributed by atoms with Crippen molar-refractivity contribution >= 4 is 42.5 Å². The molecule has 0 unspecified atom stereocenters. The molecular formula is C31H46N5O8P. The standard InChI is InChI=1S/C31H46N5O8P/c1-4-20(2)27-31(40)35-16-10-9-15-26(35)30(39)32-23(13-6-5-11-17-45(41,42)43)28(37)33-24(29(38)34-27)18-21-19-36(44-3)25-14-8-7-12-22(21)25/h7-8,12,14,19-20,23-24,26-27H,4-6,9-11,13,15-18H2,1-3H3,(H,32,39)(H,33,37)(H,34,38)(H2,41,42,43)/t20-,23-,24-,26+,27-/m0/s1. The van der Waals surface area contributed by atoms with E-state index >= 15 is 0 Å². The third-order valence-corrected chi connectivity index (χ3v) is 9.85. The molecule has 248 valence electrons. The average molecular weight is 648 g/mol. The summed E-state index contributed by atoms with van der Waals surface area (Å²) in [6.45, 7) is 4.19. The van der Waals surface area contributed by atoms with Crippen LogP contribution in [0.5, 0.6) is 0 Å². The lowest BCUT2D eigenvalue weighted by Gasteiger charge is -2.39. The van der Waals surface area contributed by atoms with E-state index in [4.69, 9.17) is 4.84 Å². The number of nitrogens with zero attached hydrogens (tertiary/aromatic N) is 2. The second-order valence-electron chi connectivity index (χ2n) is 12.2. The van der Waals surface area contributed by atoms with E-state index in [-0.39, 0.29) is 37.2 Å². The molecule has 0 bridgehead atoms. The molecule has 14 heteroatoms. The first kappa shape index (κ1) is 34.6. The molecule has 4 amide bonds. The van der Waals surface area contributed by atoms with Crippen molar-refractivity contribution < 1.29 is 38.7 Å². The molecule has 1 aromatic carbocycles. The van der Waals surface area contributed by atoms with Crippen molar-refractivity contribution in [3.63, 3.8) is 0 Å². The number of carbonyl (C=O) groups excluding carboxylic acids is 4. The van der Waals surface area contributed by atoms with Crippen LogP contribution in [0.1, 0.15) is 70.8 Å². The van der Waals surface area contributed by atoms with Crippen molar-refractivity contribution in [2.45, 2.75) is 95.8 Å². The van der Waals surface area contributed by atoms with Gasteiger partial charge in [0.2, 0.25) is 31.6 Å². The normalized spacial score (nSPS) is 24.2. The summed E-state index contributed by atoms with van der Waals surface area (Å²) in [6, 6.07) is 3.80. The van der Waals surface area contributed by atoms with Crippen LogP contribution in [0.3, 0.4) is 0 Å². The van der Waals surface area contributed by atoms with Gasteiger partial charge in [-0.25, -0.2) is 9.79 Å². The number of hydrogen-bond donors (Lipinski definition) is 5. The molecule has 45 heavy (non-hydrogen) atoms. The first-order valence-corrected chi connectivity index (χ1v) is 17.6. The van der Waals surface area contributed by atoms with Crippen LogP contribution in [-0.2, 0) is 25.6 Å². The first-order chi connectivity index (χ1) is 21.4. The number of hydrogen-bond acceptors (Lipinski definition) is 8. The highest BCUT2D eigenvalue weighted by Gasteiger charge is 2.41. The maximum Gasteiger partial charge on any atom is 0.246 e. The largest absolute Gasteiger partial charge is 0.632 e. The van der Waals surface area contributed by atoms with Gasteiger partial charge in [-0.1, -0.05) is 44.9 Å². The minimum absolute atomic E-state index is 0.102. The van der Waals surface area contributed by atoms with Gasteiger partial charge < -0.3 is 30.6 Å². The fourth-order valence-corrected chi connectivity index (χ4v) is 6.83. The molecule has 2 aliphatic rings. The van der Waals surface area contributed by atoms with Crippen molar-refractivity contribution in [1.29, 1.82) is 0 Å². The molecule has 1 aromatic heterocycles. The maximum atomic E-state index is 14.0. The Kier molecular flexibility index (Phi) is 11.8. The Labute approximate surface area is 264 Å². The van der Waals surface area contributed by atoms with Gasteiger partial charge in [-0.3, -0.25) is 19.2 Å². The van der Waals surface area contributed by atoms with Gasteiger partial charge >= 0.3 is 0 Å². The number of rotatable bonds is 11. The van der Waals surface area contributed by atoms with Crippen LogP contribution < -0.4 is 25.7 Å². The highest BCUT2D eigenvalue weighted by Crippen LogP contribution is 2.40. The van der Waals surface area contributed by atoms with E-state index in [0.29, 0.717) is 32.2 Å². The number of fused-ring (bicyclic) bond motifs is 2. The van der Waals surface area contributed by atoms with E-state index in [1.165, 1.54) is 7.11 Å². The number of nitrogens with one attached hydrogen (secondary N) is 3. The minimum atomic E-state index is -4.14. The Hall–Kier alpha value is -3.25. The summed E-state index contributed by atoms with van der Waals surface area (Å²) in [5.41, 5.74) is 1.54. The Morgan fingerprint density at radius 1 is 1.00 bits per heavy atom. The number of piperidine rings is 1. The van der Waals surface area contributed by atoms with E-state index < -0.39 is 49.8 Å². The lowest BCUT2D eigenvalue weighted by Crippen LogP contribution is -2.64. The van der Waals surface area contributed by atoms with Crippen molar-refractivity contribution in [1.82, 2.24) is 25.6 Å². The predicted octanol–water partition coefficient (Wildman–Crippen LogP) is 0.805. The molecule has 13 nitrogen and oxygen atoms in total. The van der Waals surface area contributed by atoms with E-state index in [0.717, 1.165) is 29.3 Å². The first-order valence-electron chi connectivity index (χ1n) is 15.8. The van der Waals surface area contributed by atoms with Gasteiger partial charge in [-0.05, 0) is 56.1 Å². The van der Waals surface area contributed by atoms with Gasteiger partial charge in [0.05, 0.1) is 5.52 Å². The number of para-hydroxylation sites is 1. The van der Waals surface area contributed by atoms with Gasteiger partial charge in [0.1, 0.15) is 37.4 Å². The molecule has 2 aliphatic heterocycles. The lowest BCUT2D eigenvalue weighted by molar-refractivity contribution is -0.208. The SMILES string of the molecule is CC[C@H](C)[C@@H]1NC(=O)[C@H](Cc2cn(OC)c3ccccc23)NC(=O)[C@H](CCCCC[P+]([O-])(O)O)NC(=O)[C@H]2CCCCN2C1=O. The van der Waals surface area contributed by atoms with Crippen molar-refractivity contribution in [2.24, 2.45) is 5.92 Å². The molecule has 0 spiro atoms. The van der Waals surface area contributed by atoms with Gasteiger partial charge in [-0.15, -0.1) is 0 Å². The molecule has 5 N–H and O–H groups in total. The zero-order chi connectivity index (χ0) is 32.7. The molecule has 2 aromatic rings. The monoisotopic (exact) mass is 647 g/mol. The fourth-order valence-electron chi connectivity index (χ4n) is 6.20. The number of unbranched alkanes of at least 4 members (excludes halogenated alkanes) is 2. The van der Waals surface area contributed by atoms with Crippen LogP contribution >= 0.6 is 7.94 Å². The van der Waals surface area contributed by atoms with Gasteiger partial charge in [0, 0.05) is 24.5 Å². The van der Waals surface area contributed by atoms with E-state index in [2.05, 4.69) is 16.0 Å². The maximum absolute atomic E-state index is 14.0. The summed E-state index contributed by atoms with van der Waals surface area (Å²) in [5.74, 6) is -2.00. The van der Waals surface area contributed by atoms with Crippen molar-refractivity contribution in [3.05, 3.63) is 36.0 Å². The summed E-state index contributed by atoms with van der Waals surface area (Å²) in [4.78, 5) is 92.2. The second-order valence-corrected chi connectivity index (χ2v) is 13.9. The number of amides is 4. The van der Waals surface area contributed by atoms with Gasteiger partial charge in [0.15, 0.2) is 0 Å². The Bertz CT molecular complexity index is 1360. The third-order valence-electron chi connectivity index (χ3n) is 8.95. The molecule has 4 rings (SSSR count). The van der Waals surface area contributed by atoms with Crippen LogP contribution in [0.15, 0.2) is 30.5 Å². The summed E-state index contributed by atoms with van der Waals surface area (Å²) < 4.78 is 1.59. The number of carbonyl (C=O) groups is 4. The Morgan fingerprint density at radius 2 is 1.71 bits per heavy atom. The van der Waals surface area contributed by atoms with Crippen LogP contribution in [-0.4, -0.2) is 87.0 Å². The predicted molar refractivity (Wildman–Crippen MR) is 167 cm³/mol. The molecule has 2 saturated heterocycles. The summed E-state index contributed by atoms with van der Waals surface area (Å²) in [7, 11) is -2.61. The Morgan fingerprint density at radius 3 is 2.42 bits per heavy atom. The smallest absolute Gasteiger partial charge is 0.246 e. The number of aromatic nitrogens is 1. The van der Waals surface area contributed by atoms with Crippen LogP contribution in [0, 0.1) is 5.92 Å². The zero-order valence-corrected chi connectivity index (χ0v) is 27.1. The molecule has 5 atom stereocenters. The topological polar surface area (TPSA) is 185 Å². The Balaban J connectivity index is 1.67. The van der Waals surface area contributed by atoms with E-state index in [1.54, 1.807) is 15.8 Å². The molecule has 2 fully saturated rings. The lowest BCUT2D eigenvalue weighted by atomic mass is 9.93. The summed E-state index contributed by atoms with van der Waals surface area (Å²) in [6.07, 6.45) is 5.47. The average Bonchev–Trinajstić information content (AvgIpc) is 3.38. The zero-order valence-electron chi connectivity index (χ0n) is 26.2. The van der Waals surface area contributed by atoms with Crippen LogP contribution in [0.2, 0.25) is 0 Å². The summed E-state index contributed by atoms with van der Waals surface area (Å²) >= 11 is 0. The molecule has 0 radical (unpaired) electrons. The molecule has 3 heterocycles. The third kappa shape index (κ3) is 8.72. The van der Waals surface area contributed by atoms with Crippen LogP contribution in [0.25, 0.3) is 10.9 Å². The highest BCUT2D eigenvalue weighted by atomic mass is 31.2. The molecule has 0 saturated carbocycles. The van der Waals surface area contributed by atoms with Gasteiger partial charge in [0.25, 0.3) is 0 Å². The van der Waals surface area contributed by atoms with E-state index in [9.17, 15) is 33.9 Å². The fraction of sp³-hybridized carbons (Fsp3) is 0.613. The quantitative estimate of drug-likeness (QED) is 0.175. The summed E-state index contributed by atoms with van der Waals surface area (Å²) in [5, 5.41) is 9.50. The van der Waals surface area contributed by atoms with E-state index in [1.807, 2.05) is 38.1 Å². The molecule has 0 aliphatic carbocycles. The van der Waals surface area contributed by atoms with Gasteiger partial charge in [-0.2, -0.15) is 4.73 Å². The second kappa shape index (κ2) is 15.4. The molecular weight excluding hydrogens is 601 g/mol. The van der Waals surface area contributed by atoms with Crippen molar-refractivity contribution in [3.8, 4) is 0 Å². The number of benzene rings is 1.